The third-order valence-electron chi connectivity index (χ3n) is 4.05. The lowest BCUT2D eigenvalue weighted by Crippen LogP contribution is -2.33. The first-order valence-electron chi connectivity index (χ1n) is 7.41. The molecule has 2 atom stereocenters. The molecule has 0 radical (unpaired) electrons. The van der Waals surface area contributed by atoms with Crippen molar-refractivity contribution in [2.75, 3.05) is 0 Å². The lowest BCUT2D eigenvalue weighted by atomic mass is 9.93. The van der Waals surface area contributed by atoms with Gasteiger partial charge in [0.05, 0.1) is 2.88 Å². The van der Waals surface area contributed by atoms with Crippen molar-refractivity contribution in [2.24, 2.45) is 0 Å². The zero-order chi connectivity index (χ0) is 14.8. The summed E-state index contributed by atoms with van der Waals surface area (Å²) in [5, 5.41) is 4.68. The van der Waals surface area contributed by atoms with Gasteiger partial charge in [-0.15, -0.1) is 11.3 Å². The molecule has 0 saturated carbocycles. The summed E-state index contributed by atoms with van der Waals surface area (Å²) >= 11 is 10.7. The van der Waals surface area contributed by atoms with E-state index < -0.39 is 0 Å². The Morgan fingerprint density at radius 1 is 1.43 bits per heavy atom. The highest BCUT2D eigenvalue weighted by atomic mass is 127. The van der Waals surface area contributed by atoms with Gasteiger partial charge in [-0.25, -0.2) is 0 Å². The van der Waals surface area contributed by atoms with Crippen LogP contribution in [0.25, 0.3) is 0 Å². The Morgan fingerprint density at radius 2 is 2.24 bits per heavy atom. The van der Waals surface area contributed by atoms with Gasteiger partial charge in [-0.05, 0) is 78.5 Å². The van der Waals surface area contributed by atoms with Crippen LogP contribution in [0.1, 0.15) is 41.8 Å². The van der Waals surface area contributed by atoms with Crippen LogP contribution in [-0.2, 0) is 12.8 Å². The van der Waals surface area contributed by atoms with Crippen molar-refractivity contribution in [2.45, 2.75) is 44.7 Å². The molecule has 3 rings (SSSR count). The summed E-state index contributed by atoms with van der Waals surface area (Å²) in [4.78, 5) is 1.58. The first kappa shape index (κ1) is 15.8. The molecule has 1 aliphatic rings. The van der Waals surface area contributed by atoms with Gasteiger partial charge in [-0.1, -0.05) is 29.8 Å². The lowest BCUT2D eigenvalue weighted by Gasteiger charge is -2.27. The van der Waals surface area contributed by atoms with Crippen LogP contribution in [0.4, 0.5) is 0 Å². The molecule has 1 aliphatic carbocycles. The highest BCUT2D eigenvalue weighted by Gasteiger charge is 2.23. The molecule has 1 aromatic carbocycles. The molecule has 0 fully saturated rings. The van der Waals surface area contributed by atoms with Crippen molar-refractivity contribution < 1.29 is 0 Å². The van der Waals surface area contributed by atoms with Crippen LogP contribution in [-0.4, -0.2) is 6.04 Å². The fraction of sp³-hybridized carbons (Fsp3) is 0.412. The van der Waals surface area contributed by atoms with Crippen LogP contribution in [0, 0.1) is 2.88 Å². The van der Waals surface area contributed by atoms with Crippen molar-refractivity contribution in [3.8, 4) is 0 Å². The number of halogens is 2. The van der Waals surface area contributed by atoms with Crippen molar-refractivity contribution in [1.82, 2.24) is 5.32 Å². The molecule has 4 heteroatoms. The number of fused-ring (bicyclic) bond motifs is 1. The average molecular weight is 432 g/mol. The topological polar surface area (TPSA) is 12.0 Å². The second-order valence-corrected chi connectivity index (χ2v) is 9.18. The van der Waals surface area contributed by atoms with Crippen LogP contribution in [0.5, 0.6) is 0 Å². The monoisotopic (exact) mass is 431 g/mol. The van der Waals surface area contributed by atoms with E-state index in [-0.39, 0.29) is 0 Å². The first-order valence-corrected chi connectivity index (χ1v) is 9.68. The van der Waals surface area contributed by atoms with E-state index in [1.807, 2.05) is 23.5 Å². The minimum atomic E-state index is 0.429. The number of hydrogen-bond acceptors (Lipinski definition) is 2. The highest BCUT2D eigenvalue weighted by Crippen LogP contribution is 2.36. The van der Waals surface area contributed by atoms with E-state index in [4.69, 9.17) is 11.6 Å². The van der Waals surface area contributed by atoms with E-state index in [1.165, 1.54) is 33.3 Å². The van der Waals surface area contributed by atoms with Gasteiger partial charge >= 0.3 is 0 Å². The Labute approximate surface area is 149 Å². The molecule has 0 bridgehead atoms. The lowest BCUT2D eigenvalue weighted by molar-refractivity contribution is 0.409. The molecule has 112 valence electrons. The Morgan fingerprint density at radius 3 is 3.05 bits per heavy atom. The summed E-state index contributed by atoms with van der Waals surface area (Å²) in [7, 11) is 0. The third-order valence-corrected chi connectivity index (χ3v) is 6.39. The van der Waals surface area contributed by atoms with Gasteiger partial charge in [-0.2, -0.15) is 0 Å². The van der Waals surface area contributed by atoms with Gasteiger partial charge in [0, 0.05) is 22.0 Å². The predicted octanol–water partition coefficient (Wildman–Crippen LogP) is 5.60. The van der Waals surface area contributed by atoms with Crippen molar-refractivity contribution in [3.05, 3.63) is 54.2 Å². The Balaban J connectivity index is 1.68. The molecule has 0 amide bonds. The van der Waals surface area contributed by atoms with Crippen LogP contribution < -0.4 is 5.32 Å². The Hall–Kier alpha value is -0.100. The van der Waals surface area contributed by atoms with Crippen LogP contribution in [0.2, 0.25) is 5.02 Å². The van der Waals surface area contributed by atoms with E-state index in [0.717, 1.165) is 11.4 Å². The van der Waals surface area contributed by atoms with Gasteiger partial charge in [0.2, 0.25) is 0 Å². The van der Waals surface area contributed by atoms with Gasteiger partial charge in [0.25, 0.3) is 0 Å². The maximum absolute atomic E-state index is 6.27. The SMILES string of the molecule is CC(Cc1ccccc1Cl)NC1CCCc2sc(I)cc21. The van der Waals surface area contributed by atoms with Crippen molar-refractivity contribution >= 4 is 45.5 Å². The number of benzene rings is 1. The Bertz CT molecular complexity index is 625. The van der Waals surface area contributed by atoms with Gasteiger partial charge in [-0.3, -0.25) is 0 Å². The fourth-order valence-electron chi connectivity index (χ4n) is 3.09. The summed E-state index contributed by atoms with van der Waals surface area (Å²) in [6.07, 6.45) is 4.76. The second kappa shape index (κ2) is 6.99. The van der Waals surface area contributed by atoms with Gasteiger partial charge in [0.1, 0.15) is 0 Å². The van der Waals surface area contributed by atoms with E-state index in [1.54, 1.807) is 4.88 Å². The molecule has 2 unspecified atom stereocenters. The van der Waals surface area contributed by atoms with Gasteiger partial charge in [0.15, 0.2) is 0 Å². The second-order valence-electron chi connectivity index (χ2n) is 5.74. The summed E-state index contributed by atoms with van der Waals surface area (Å²) in [5.74, 6) is 0. The summed E-state index contributed by atoms with van der Waals surface area (Å²) in [5.41, 5.74) is 2.76. The molecule has 1 aromatic heterocycles. The van der Waals surface area contributed by atoms with E-state index in [2.05, 4.69) is 53.0 Å². The van der Waals surface area contributed by atoms with E-state index in [0.29, 0.717) is 12.1 Å². The van der Waals surface area contributed by atoms with Crippen molar-refractivity contribution in [1.29, 1.82) is 0 Å². The van der Waals surface area contributed by atoms with Crippen molar-refractivity contribution in [3.63, 3.8) is 0 Å². The van der Waals surface area contributed by atoms with Crippen LogP contribution >= 0.6 is 45.5 Å². The van der Waals surface area contributed by atoms with Gasteiger partial charge < -0.3 is 5.32 Å². The van der Waals surface area contributed by atoms with Crippen LogP contribution in [0.15, 0.2) is 30.3 Å². The van der Waals surface area contributed by atoms with Crippen LogP contribution in [0.3, 0.4) is 0 Å². The maximum atomic E-state index is 6.27. The first-order chi connectivity index (χ1) is 10.1. The standard InChI is InChI=1S/C17H19ClINS/c1-11(9-12-5-2-3-6-14(12)18)20-15-7-4-8-16-13(15)10-17(19)21-16/h2-3,5-6,10-11,15,20H,4,7-9H2,1H3. The molecule has 0 aliphatic heterocycles. The molecule has 21 heavy (non-hydrogen) atoms. The molecule has 1 N–H and O–H groups in total. The third kappa shape index (κ3) is 3.81. The minimum absolute atomic E-state index is 0.429. The zero-order valence-electron chi connectivity index (χ0n) is 12.0. The predicted molar refractivity (Wildman–Crippen MR) is 100 cm³/mol. The Kier molecular flexibility index (Phi) is 5.25. The maximum Gasteiger partial charge on any atom is 0.0659 e. The summed E-state index contributed by atoms with van der Waals surface area (Å²) < 4.78 is 1.41. The number of rotatable bonds is 4. The normalized spacial score (nSPS) is 19.3. The summed E-state index contributed by atoms with van der Waals surface area (Å²) in [6.45, 7) is 2.26. The number of aryl methyl sites for hydroxylation is 1. The highest BCUT2D eigenvalue weighted by molar-refractivity contribution is 14.1. The molecule has 0 saturated heterocycles. The number of thiophene rings is 1. The molecular formula is C17H19ClINS. The zero-order valence-corrected chi connectivity index (χ0v) is 15.8. The smallest absolute Gasteiger partial charge is 0.0659 e. The number of nitrogens with one attached hydrogen (secondary N) is 1. The molecule has 2 aromatic rings. The molecular weight excluding hydrogens is 413 g/mol. The van der Waals surface area contributed by atoms with E-state index in [9.17, 15) is 0 Å². The average Bonchev–Trinajstić information content (AvgIpc) is 2.83. The molecule has 0 spiro atoms. The largest absolute Gasteiger partial charge is 0.307 e. The fourth-order valence-corrected chi connectivity index (χ4v) is 5.42. The summed E-state index contributed by atoms with van der Waals surface area (Å²) in [6, 6.07) is 11.5. The number of hydrogen-bond donors (Lipinski definition) is 1. The van der Waals surface area contributed by atoms with E-state index >= 15 is 0 Å². The quantitative estimate of drug-likeness (QED) is 0.621. The minimum Gasteiger partial charge on any atom is -0.307 e. The molecule has 1 nitrogen and oxygen atoms in total. The molecule has 1 heterocycles.